The van der Waals surface area contributed by atoms with Gasteiger partial charge in [-0.3, -0.25) is 24.1 Å². The Bertz CT molecular complexity index is 1260. The molecule has 11 nitrogen and oxygen atoms in total. The van der Waals surface area contributed by atoms with Crippen molar-refractivity contribution in [3.63, 3.8) is 0 Å². The first kappa shape index (κ1) is 26.8. The third-order valence-electron chi connectivity index (χ3n) is 7.34. The quantitative estimate of drug-likeness (QED) is 0.242. The number of hydrogen-bond donors (Lipinski definition) is 6. The molecule has 37 heavy (non-hydrogen) atoms. The minimum Gasteiger partial charge on any atom is -0.508 e. The predicted octanol–water partition coefficient (Wildman–Crippen LogP) is 0.784. The zero-order chi connectivity index (χ0) is 27.6. The van der Waals surface area contributed by atoms with Crippen LogP contribution in [0.4, 0.5) is 0 Å². The molecule has 200 valence electrons. The van der Waals surface area contributed by atoms with E-state index in [-0.39, 0.29) is 36.3 Å². The lowest BCUT2D eigenvalue weighted by molar-refractivity contribution is -0.153. The number of primary amides is 1. The van der Waals surface area contributed by atoms with Crippen molar-refractivity contribution < 1.29 is 39.6 Å². The fourth-order valence-electron chi connectivity index (χ4n) is 5.80. The molecular weight excluding hydrogens is 482 g/mol. The van der Waals surface area contributed by atoms with Crippen LogP contribution in [0.25, 0.3) is 5.76 Å². The predicted molar refractivity (Wildman–Crippen MR) is 132 cm³/mol. The Labute approximate surface area is 214 Å². The number of amides is 1. The van der Waals surface area contributed by atoms with Crippen LogP contribution in [0.1, 0.15) is 43.9 Å². The van der Waals surface area contributed by atoms with E-state index >= 15 is 0 Å². The molecule has 0 unspecified atom stereocenters. The number of carbonyl (C=O) groups excluding carboxylic acids is 3. The number of benzene rings is 1. The summed E-state index contributed by atoms with van der Waals surface area (Å²) < 4.78 is 0. The molecule has 3 aliphatic carbocycles. The van der Waals surface area contributed by atoms with Gasteiger partial charge in [0.15, 0.2) is 11.4 Å². The number of ketones is 2. The van der Waals surface area contributed by atoms with Crippen molar-refractivity contribution in [1.29, 1.82) is 0 Å². The maximum atomic E-state index is 13.8. The van der Waals surface area contributed by atoms with Crippen LogP contribution in [-0.2, 0) is 32.2 Å². The van der Waals surface area contributed by atoms with Crippen LogP contribution in [0.15, 0.2) is 29.0 Å². The third-order valence-corrected chi connectivity index (χ3v) is 7.34. The van der Waals surface area contributed by atoms with Crippen LogP contribution in [0, 0.1) is 11.8 Å². The molecule has 0 saturated heterocycles. The Hall–Kier alpha value is -3.25. The van der Waals surface area contributed by atoms with Gasteiger partial charge in [0.05, 0.1) is 17.2 Å². The number of carbonyl (C=O) groups is 3. The third kappa shape index (κ3) is 4.11. The van der Waals surface area contributed by atoms with E-state index in [9.17, 15) is 34.8 Å². The first-order chi connectivity index (χ1) is 17.1. The summed E-state index contributed by atoms with van der Waals surface area (Å²) in [5.74, 6) is -6.72. The number of phenolic OH excluding ortho intramolecular Hbond substituents is 1. The Morgan fingerprint density at radius 3 is 2.43 bits per heavy atom. The van der Waals surface area contributed by atoms with Crippen LogP contribution in [0.3, 0.4) is 0 Å². The van der Waals surface area contributed by atoms with Gasteiger partial charge in [-0.2, -0.15) is 5.48 Å². The van der Waals surface area contributed by atoms with E-state index in [4.69, 9.17) is 10.6 Å². The van der Waals surface area contributed by atoms with E-state index in [1.807, 2.05) is 20.8 Å². The average Bonchev–Trinajstić information content (AvgIpc) is 2.76. The van der Waals surface area contributed by atoms with Gasteiger partial charge >= 0.3 is 0 Å². The Balaban J connectivity index is 1.86. The topological polar surface area (TPSA) is 183 Å². The standard InChI is InChI=1S/C26H33N3O8/c1-25(2,3)37-28-10-11-6-7-15(30)17-13(11)8-12-9-14-19(29(4)5)21(32)18(24(27)35)23(34)26(14,36)22(33)16(12)20(17)31/h6-7,12,14,19,28,30-31,34,36H,8-10H2,1-5H3,(H2,27,35)/t12-,14-,19-,26-/m0/s1. The van der Waals surface area contributed by atoms with Crippen molar-refractivity contribution in [2.75, 3.05) is 14.1 Å². The zero-order valence-electron chi connectivity index (χ0n) is 21.5. The molecule has 0 aliphatic heterocycles. The summed E-state index contributed by atoms with van der Waals surface area (Å²) in [4.78, 5) is 46.1. The molecular formula is C26H33N3O8. The fraction of sp³-hybridized carbons (Fsp3) is 0.500. The smallest absolute Gasteiger partial charge is 0.255 e. The SMILES string of the molecule is CN(C)[C@@H]1C(=O)C(C(N)=O)=C(O)[C@@]2(O)C(=O)C3=C(O)c4c(O)ccc(CNOC(C)(C)C)c4C[C@H]3C[C@@H]12. The number of likely N-dealkylation sites (N-methyl/N-ethyl adjacent to an activating group) is 1. The summed E-state index contributed by atoms with van der Waals surface area (Å²) in [6.45, 7) is 5.88. The van der Waals surface area contributed by atoms with Crippen molar-refractivity contribution in [1.82, 2.24) is 10.4 Å². The Morgan fingerprint density at radius 1 is 1.22 bits per heavy atom. The number of aliphatic hydroxyl groups is 3. The molecule has 0 heterocycles. The number of rotatable bonds is 5. The van der Waals surface area contributed by atoms with Gasteiger partial charge in [-0.25, -0.2) is 0 Å². The minimum absolute atomic E-state index is 0.0345. The summed E-state index contributed by atoms with van der Waals surface area (Å²) in [5, 5.41) is 44.3. The molecule has 1 saturated carbocycles. The number of nitrogens with one attached hydrogen (secondary N) is 1. The van der Waals surface area contributed by atoms with Gasteiger partial charge in [0.2, 0.25) is 5.78 Å². The van der Waals surface area contributed by atoms with Gasteiger partial charge in [-0.1, -0.05) is 6.07 Å². The second-order valence-electron chi connectivity index (χ2n) is 11.1. The number of aromatic hydroxyl groups is 1. The van der Waals surface area contributed by atoms with Crippen molar-refractivity contribution in [3.05, 3.63) is 45.7 Å². The fourth-order valence-corrected chi connectivity index (χ4v) is 5.80. The summed E-state index contributed by atoms with van der Waals surface area (Å²) in [6.07, 6.45) is 0.252. The molecule has 4 atom stereocenters. The average molecular weight is 516 g/mol. The number of nitrogens with zero attached hydrogens (tertiary/aromatic N) is 1. The van der Waals surface area contributed by atoms with Gasteiger partial charge in [0, 0.05) is 18.0 Å². The van der Waals surface area contributed by atoms with Gasteiger partial charge in [0.1, 0.15) is 22.8 Å². The first-order valence-corrected chi connectivity index (χ1v) is 12.0. The molecule has 1 amide bonds. The molecule has 0 bridgehead atoms. The van der Waals surface area contributed by atoms with Gasteiger partial charge in [-0.15, -0.1) is 0 Å². The monoisotopic (exact) mass is 515 g/mol. The second kappa shape index (κ2) is 8.95. The highest BCUT2D eigenvalue weighted by molar-refractivity contribution is 6.24. The number of aliphatic hydroxyl groups excluding tert-OH is 2. The van der Waals surface area contributed by atoms with E-state index < -0.39 is 63.6 Å². The van der Waals surface area contributed by atoms with Crippen LogP contribution < -0.4 is 11.2 Å². The Kier molecular flexibility index (Phi) is 6.48. The largest absolute Gasteiger partial charge is 0.508 e. The molecule has 1 fully saturated rings. The maximum absolute atomic E-state index is 13.8. The minimum atomic E-state index is -2.65. The van der Waals surface area contributed by atoms with Crippen LogP contribution in [0.2, 0.25) is 0 Å². The number of hydroxylamine groups is 1. The number of fused-ring (bicyclic) bond motifs is 3. The maximum Gasteiger partial charge on any atom is 0.255 e. The van der Waals surface area contributed by atoms with E-state index in [0.29, 0.717) is 5.56 Å². The molecule has 1 aromatic carbocycles. The van der Waals surface area contributed by atoms with Crippen LogP contribution in [0.5, 0.6) is 5.75 Å². The number of hydrogen-bond acceptors (Lipinski definition) is 10. The van der Waals surface area contributed by atoms with Gasteiger partial charge < -0.3 is 26.2 Å². The molecule has 1 aromatic rings. The lowest BCUT2D eigenvalue weighted by atomic mass is 9.57. The van der Waals surface area contributed by atoms with E-state index in [1.165, 1.54) is 11.0 Å². The first-order valence-electron chi connectivity index (χ1n) is 12.0. The van der Waals surface area contributed by atoms with Gasteiger partial charge in [-0.05, 0) is 70.8 Å². The van der Waals surface area contributed by atoms with E-state index in [0.717, 1.165) is 5.56 Å². The lowest BCUT2D eigenvalue weighted by Crippen LogP contribution is -2.65. The van der Waals surface area contributed by atoms with Crippen LogP contribution in [-0.4, -0.2) is 74.1 Å². The highest BCUT2D eigenvalue weighted by Crippen LogP contribution is 2.52. The highest BCUT2D eigenvalue weighted by atomic mass is 16.7. The highest BCUT2D eigenvalue weighted by Gasteiger charge is 2.64. The number of nitrogens with two attached hydrogens (primary N) is 1. The molecule has 11 heteroatoms. The summed E-state index contributed by atoms with van der Waals surface area (Å²) in [6, 6.07) is 1.95. The summed E-state index contributed by atoms with van der Waals surface area (Å²) in [7, 11) is 3.12. The van der Waals surface area contributed by atoms with E-state index in [2.05, 4.69) is 5.48 Å². The normalized spacial score (nSPS) is 27.8. The molecule has 0 spiro atoms. The van der Waals surface area contributed by atoms with E-state index in [1.54, 1.807) is 20.2 Å². The molecule has 3 aliphatic rings. The van der Waals surface area contributed by atoms with Crippen LogP contribution >= 0.6 is 0 Å². The molecule has 0 aromatic heterocycles. The number of Topliss-reactive ketones (excluding diaryl/α,β-unsaturated/α-hetero) is 2. The van der Waals surface area contributed by atoms with Gasteiger partial charge in [0.25, 0.3) is 5.91 Å². The molecule has 7 N–H and O–H groups in total. The zero-order valence-corrected chi connectivity index (χ0v) is 21.5. The van der Waals surface area contributed by atoms with Crippen molar-refractivity contribution in [2.45, 2.75) is 57.4 Å². The second-order valence-corrected chi connectivity index (χ2v) is 11.1. The van der Waals surface area contributed by atoms with Crippen molar-refractivity contribution in [3.8, 4) is 5.75 Å². The Morgan fingerprint density at radius 2 is 1.86 bits per heavy atom. The van der Waals surface area contributed by atoms with Crippen molar-refractivity contribution in [2.24, 2.45) is 17.6 Å². The molecule has 0 radical (unpaired) electrons. The summed E-state index contributed by atoms with van der Waals surface area (Å²) >= 11 is 0. The van der Waals surface area contributed by atoms with Crippen molar-refractivity contribution >= 4 is 23.2 Å². The summed E-state index contributed by atoms with van der Waals surface area (Å²) in [5.41, 5.74) is 5.45. The number of phenols is 1. The lowest BCUT2D eigenvalue weighted by Gasteiger charge is -2.50. The molecule has 4 rings (SSSR count).